The predicted octanol–water partition coefficient (Wildman–Crippen LogP) is 14.4. The second-order valence-electron chi connectivity index (χ2n) is 13.8. The first kappa shape index (κ1) is 31.6. The lowest BCUT2D eigenvalue weighted by atomic mass is 9.95. The van der Waals surface area contributed by atoms with Gasteiger partial charge in [0.05, 0.1) is 16.7 Å². The van der Waals surface area contributed by atoms with Crippen molar-refractivity contribution < 1.29 is 0 Å². The fourth-order valence-electron chi connectivity index (χ4n) is 8.08. The van der Waals surface area contributed by atoms with Crippen molar-refractivity contribution in [2.45, 2.75) is 0 Å². The van der Waals surface area contributed by atoms with E-state index in [1.165, 1.54) is 60.4 Å². The Hall–Kier alpha value is -7.16. The molecule has 0 aliphatic carbocycles. The van der Waals surface area contributed by atoms with E-state index in [2.05, 4.69) is 228 Å². The Balaban J connectivity index is 1.12. The molecule has 0 amide bonds. The first-order valence-electron chi connectivity index (χ1n) is 18.5. The zero-order valence-electron chi connectivity index (χ0n) is 29.7. The first-order valence-corrected chi connectivity index (χ1v) is 18.5. The Kier molecular flexibility index (Phi) is 7.85. The van der Waals surface area contributed by atoms with Crippen LogP contribution < -0.4 is 4.90 Å². The van der Waals surface area contributed by atoms with E-state index in [4.69, 9.17) is 0 Å². The maximum absolute atomic E-state index is 2.40. The van der Waals surface area contributed by atoms with Gasteiger partial charge in [0.25, 0.3) is 0 Å². The van der Waals surface area contributed by atoms with Crippen molar-refractivity contribution in [2.75, 3.05) is 4.90 Å². The number of fused-ring (bicyclic) bond motifs is 4. The monoisotopic (exact) mass is 688 g/mol. The molecule has 0 atom stereocenters. The van der Waals surface area contributed by atoms with Gasteiger partial charge in [0.15, 0.2) is 0 Å². The zero-order valence-corrected chi connectivity index (χ0v) is 29.7. The van der Waals surface area contributed by atoms with Crippen LogP contribution in [0.5, 0.6) is 0 Å². The van der Waals surface area contributed by atoms with Crippen LogP contribution in [0, 0.1) is 0 Å². The van der Waals surface area contributed by atoms with Gasteiger partial charge in [-0.2, -0.15) is 0 Å². The average Bonchev–Trinajstić information content (AvgIpc) is 3.59. The third-order valence-electron chi connectivity index (χ3n) is 10.5. The number of hydrogen-bond acceptors (Lipinski definition) is 1. The van der Waals surface area contributed by atoms with E-state index < -0.39 is 0 Å². The molecule has 9 aromatic carbocycles. The number of aromatic nitrogens is 1. The van der Waals surface area contributed by atoms with Crippen molar-refractivity contribution in [1.82, 2.24) is 4.57 Å². The van der Waals surface area contributed by atoms with E-state index in [0.29, 0.717) is 0 Å². The van der Waals surface area contributed by atoms with Crippen LogP contribution in [0.3, 0.4) is 0 Å². The molecule has 2 nitrogen and oxygen atoms in total. The van der Waals surface area contributed by atoms with E-state index in [1.54, 1.807) is 0 Å². The maximum Gasteiger partial charge on any atom is 0.0547 e. The summed E-state index contributed by atoms with van der Waals surface area (Å²) in [4.78, 5) is 2.40. The summed E-state index contributed by atoms with van der Waals surface area (Å²) in [5.74, 6) is 0. The van der Waals surface area contributed by atoms with Crippen molar-refractivity contribution >= 4 is 49.6 Å². The summed E-state index contributed by atoms with van der Waals surface area (Å²) in [6, 6.07) is 78.9. The summed E-state index contributed by atoms with van der Waals surface area (Å²) in [5, 5.41) is 4.96. The molecule has 0 aliphatic rings. The van der Waals surface area contributed by atoms with Crippen LogP contribution in [0.15, 0.2) is 218 Å². The van der Waals surface area contributed by atoms with Gasteiger partial charge in [0.2, 0.25) is 0 Å². The van der Waals surface area contributed by atoms with Crippen LogP contribution in [0.2, 0.25) is 0 Å². The summed E-state index contributed by atoms with van der Waals surface area (Å²) in [5.41, 5.74) is 14.1. The largest absolute Gasteiger partial charge is 0.310 e. The number of anilines is 3. The second-order valence-corrected chi connectivity index (χ2v) is 13.8. The van der Waals surface area contributed by atoms with Gasteiger partial charge in [-0.15, -0.1) is 0 Å². The number of benzene rings is 9. The molecule has 54 heavy (non-hydrogen) atoms. The summed E-state index contributed by atoms with van der Waals surface area (Å²) in [6.45, 7) is 0. The fraction of sp³-hybridized carbons (Fsp3) is 0. The van der Waals surface area contributed by atoms with E-state index >= 15 is 0 Å². The molecule has 254 valence electrons. The SMILES string of the molecule is c1ccc(-c2ccccc2N(c2cccc(-c3cccc(-c4cccc5c4c4ccccc4n5-c4ccccc4)c3)c2)c2ccc3ccccc3c2)cc1. The van der Waals surface area contributed by atoms with Crippen molar-refractivity contribution in [3.63, 3.8) is 0 Å². The molecule has 0 saturated carbocycles. The van der Waals surface area contributed by atoms with Gasteiger partial charge in [-0.25, -0.2) is 0 Å². The molecule has 0 aliphatic heterocycles. The fourth-order valence-corrected chi connectivity index (χ4v) is 8.08. The summed E-state index contributed by atoms with van der Waals surface area (Å²) < 4.78 is 2.39. The minimum Gasteiger partial charge on any atom is -0.310 e. The van der Waals surface area contributed by atoms with Gasteiger partial charge in [0, 0.05) is 33.4 Å². The topological polar surface area (TPSA) is 8.17 Å². The van der Waals surface area contributed by atoms with Crippen LogP contribution in [-0.2, 0) is 0 Å². The molecule has 0 bridgehead atoms. The van der Waals surface area contributed by atoms with Gasteiger partial charge in [-0.3, -0.25) is 0 Å². The number of nitrogens with zero attached hydrogens (tertiary/aromatic N) is 2. The Bertz CT molecular complexity index is 2940. The highest BCUT2D eigenvalue weighted by molar-refractivity contribution is 6.16. The molecule has 0 fully saturated rings. The van der Waals surface area contributed by atoms with Crippen molar-refractivity contribution in [3.8, 4) is 39.1 Å². The molecular weight excluding hydrogens is 653 g/mol. The Morgan fingerprint density at radius 2 is 0.926 bits per heavy atom. The molecule has 0 spiro atoms. The van der Waals surface area contributed by atoms with Gasteiger partial charge in [0.1, 0.15) is 0 Å². The lowest BCUT2D eigenvalue weighted by Gasteiger charge is -2.28. The standard InChI is InChI=1S/C52H36N2/c1-3-17-38(18-4-1)46-26-9-11-29-49(46)53(45-33-32-37-16-7-8-19-40(37)35-45)44-25-14-21-41(36-44)39-20-13-22-42(34-39)47-28-15-31-51-52(47)48-27-10-12-30-50(48)54(51)43-23-5-2-6-24-43/h1-36H. The predicted molar refractivity (Wildman–Crippen MR) is 229 cm³/mol. The zero-order chi connectivity index (χ0) is 35.8. The Morgan fingerprint density at radius 3 is 1.80 bits per heavy atom. The molecular formula is C52H36N2. The van der Waals surface area contributed by atoms with Gasteiger partial charge in [-0.05, 0) is 99.3 Å². The molecule has 1 aromatic heterocycles. The number of hydrogen-bond donors (Lipinski definition) is 0. The number of para-hydroxylation sites is 3. The minimum absolute atomic E-state index is 1.10. The minimum atomic E-state index is 1.10. The van der Waals surface area contributed by atoms with Crippen LogP contribution in [0.1, 0.15) is 0 Å². The molecule has 2 heteroatoms. The Morgan fingerprint density at radius 1 is 0.333 bits per heavy atom. The molecule has 1 heterocycles. The van der Waals surface area contributed by atoms with Gasteiger partial charge < -0.3 is 9.47 Å². The van der Waals surface area contributed by atoms with Crippen molar-refractivity contribution in [3.05, 3.63) is 218 Å². The molecule has 0 radical (unpaired) electrons. The quantitative estimate of drug-likeness (QED) is 0.162. The van der Waals surface area contributed by atoms with E-state index in [9.17, 15) is 0 Å². The summed E-state index contributed by atoms with van der Waals surface area (Å²) in [6.07, 6.45) is 0. The van der Waals surface area contributed by atoms with E-state index in [1.807, 2.05) is 0 Å². The third kappa shape index (κ3) is 5.53. The van der Waals surface area contributed by atoms with Gasteiger partial charge in [-0.1, -0.05) is 158 Å². The Labute approximate surface area is 315 Å². The van der Waals surface area contributed by atoms with Crippen molar-refractivity contribution in [2.24, 2.45) is 0 Å². The van der Waals surface area contributed by atoms with Crippen LogP contribution in [-0.4, -0.2) is 4.57 Å². The second kappa shape index (κ2) is 13.4. The lowest BCUT2D eigenvalue weighted by molar-refractivity contribution is 1.18. The number of rotatable bonds is 7. The highest BCUT2D eigenvalue weighted by Crippen LogP contribution is 2.43. The molecule has 0 N–H and O–H groups in total. The highest BCUT2D eigenvalue weighted by Gasteiger charge is 2.19. The van der Waals surface area contributed by atoms with Crippen LogP contribution >= 0.6 is 0 Å². The molecule has 0 saturated heterocycles. The summed E-state index contributed by atoms with van der Waals surface area (Å²) in [7, 11) is 0. The normalized spacial score (nSPS) is 11.3. The third-order valence-corrected chi connectivity index (χ3v) is 10.5. The van der Waals surface area contributed by atoms with Crippen LogP contribution in [0.25, 0.3) is 71.6 Å². The maximum atomic E-state index is 2.40. The smallest absolute Gasteiger partial charge is 0.0547 e. The molecule has 10 aromatic rings. The van der Waals surface area contributed by atoms with Crippen LogP contribution in [0.4, 0.5) is 17.1 Å². The molecule has 0 unspecified atom stereocenters. The molecule has 10 rings (SSSR count). The average molecular weight is 689 g/mol. The van der Waals surface area contributed by atoms with E-state index in [0.717, 1.165) is 28.3 Å². The van der Waals surface area contributed by atoms with Crippen molar-refractivity contribution in [1.29, 1.82) is 0 Å². The summed E-state index contributed by atoms with van der Waals surface area (Å²) >= 11 is 0. The highest BCUT2D eigenvalue weighted by atomic mass is 15.1. The van der Waals surface area contributed by atoms with Gasteiger partial charge >= 0.3 is 0 Å². The lowest BCUT2D eigenvalue weighted by Crippen LogP contribution is -2.11. The van der Waals surface area contributed by atoms with E-state index in [-0.39, 0.29) is 0 Å². The first-order chi connectivity index (χ1) is 26.8.